The lowest BCUT2D eigenvalue weighted by molar-refractivity contribution is 0.655. The van der Waals surface area contributed by atoms with Gasteiger partial charge in [-0.2, -0.15) is 0 Å². The summed E-state index contributed by atoms with van der Waals surface area (Å²) in [4.78, 5) is 0. The van der Waals surface area contributed by atoms with Crippen LogP contribution in [-0.4, -0.2) is 37.8 Å². The Bertz CT molecular complexity index is 256. The Morgan fingerprint density at radius 1 is 1.64 bits per heavy atom. The molecular formula is C11H19N2P. The van der Waals surface area contributed by atoms with Crippen LogP contribution in [0.15, 0.2) is 23.8 Å². The van der Waals surface area contributed by atoms with Crippen molar-refractivity contribution in [3.8, 4) is 0 Å². The van der Waals surface area contributed by atoms with E-state index >= 15 is 0 Å². The largest absolute Gasteiger partial charge is 0.308 e. The van der Waals surface area contributed by atoms with Crippen LogP contribution >= 0.6 is 8.07 Å². The molecule has 0 aromatic carbocycles. The molecule has 0 amide bonds. The van der Waals surface area contributed by atoms with Gasteiger partial charge in [-0.15, -0.1) is 0 Å². The van der Waals surface area contributed by atoms with E-state index in [9.17, 15) is 0 Å². The summed E-state index contributed by atoms with van der Waals surface area (Å²) in [6.45, 7) is 2.32. The monoisotopic (exact) mass is 210 g/mol. The van der Waals surface area contributed by atoms with Crippen LogP contribution in [0, 0.1) is 11.3 Å². The van der Waals surface area contributed by atoms with Gasteiger partial charge in [-0.05, 0) is 52.9 Å². The highest BCUT2D eigenvalue weighted by atomic mass is 31.1. The average Bonchev–Trinajstić information content (AvgIpc) is 2.19. The summed E-state index contributed by atoms with van der Waals surface area (Å²) in [5, 5.41) is 7.12. The van der Waals surface area contributed by atoms with Crippen LogP contribution in [0.1, 0.15) is 6.42 Å². The molecule has 0 saturated carbocycles. The molecule has 0 aromatic heterocycles. The van der Waals surface area contributed by atoms with E-state index in [1.807, 2.05) is 0 Å². The molecule has 0 saturated heterocycles. The molecule has 2 unspecified atom stereocenters. The first kappa shape index (κ1) is 11.6. The second-order valence-electron chi connectivity index (χ2n) is 3.89. The van der Waals surface area contributed by atoms with Crippen LogP contribution in [0.3, 0.4) is 0 Å². The predicted molar refractivity (Wildman–Crippen MR) is 65.5 cm³/mol. The summed E-state index contributed by atoms with van der Waals surface area (Å²) in [5.74, 6) is 0.678. The second-order valence-corrected chi connectivity index (χ2v) is 6.37. The fraction of sp³-hybridized carbons (Fsp3) is 0.545. The standard InChI is InChI=1S/C11H19N2P/c1-13(2)14(3)9-11-6-4-10(8-12)5-7-11/h4-6,8,11-12H,7,9H2,1-3H3. The summed E-state index contributed by atoms with van der Waals surface area (Å²) >= 11 is 0. The van der Waals surface area contributed by atoms with Gasteiger partial charge in [0.2, 0.25) is 0 Å². The summed E-state index contributed by atoms with van der Waals surface area (Å²) in [7, 11) is 4.31. The van der Waals surface area contributed by atoms with Crippen LogP contribution in [0.4, 0.5) is 0 Å². The van der Waals surface area contributed by atoms with E-state index in [0.29, 0.717) is 5.92 Å². The molecule has 0 aromatic rings. The molecule has 1 N–H and O–H groups in total. The zero-order valence-electron chi connectivity index (χ0n) is 9.20. The van der Waals surface area contributed by atoms with E-state index in [2.05, 4.69) is 43.7 Å². The van der Waals surface area contributed by atoms with Crippen molar-refractivity contribution in [1.29, 1.82) is 5.41 Å². The Labute approximate surface area is 88.0 Å². The molecule has 2 atom stereocenters. The smallest absolute Gasteiger partial charge is 0.0246 e. The Morgan fingerprint density at radius 2 is 2.36 bits per heavy atom. The third-order valence-electron chi connectivity index (χ3n) is 2.57. The highest BCUT2D eigenvalue weighted by Crippen LogP contribution is 2.37. The molecule has 0 aliphatic heterocycles. The minimum Gasteiger partial charge on any atom is -0.308 e. The lowest BCUT2D eigenvalue weighted by Gasteiger charge is -2.24. The van der Waals surface area contributed by atoms with Crippen molar-refractivity contribution in [3.05, 3.63) is 23.8 Å². The van der Waals surface area contributed by atoms with Gasteiger partial charge in [-0.25, -0.2) is 0 Å². The van der Waals surface area contributed by atoms with Crippen molar-refractivity contribution >= 4 is 14.3 Å². The fourth-order valence-electron chi connectivity index (χ4n) is 1.43. The van der Waals surface area contributed by atoms with E-state index < -0.39 is 0 Å². The molecule has 0 spiro atoms. The number of hydrogen-bond acceptors (Lipinski definition) is 2. The van der Waals surface area contributed by atoms with E-state index in [0.717, 1.165) is 12.0 Å². The fourth-order valence-corrected chi connectivity index (χ4v) is 2.70. The maximum atomic E-state index is 7.12. The molecule has 14 heavy (non-hydrogen) atoms. The van der Waals surface area contributed by atoms with Gasteiger partial charge in [0.15, 0.2) is 0 Å². The zero-order chi connectivity index (χ0) is 10.6. The van der Waals surface area contributed by atoms with Crippen LogP contribution in [0.5, 0.6) is 0 Å². The normalized spacial score (nSPS) is 23.4. The predicted octanol–water partition coefficient (Wildman–Crippen LogP) is 2.73. The van der Waals surface area contributed by atoms with Crippen LogP contribution in [-0.2, 0) is 0 Å². The summed E-state index contributed by atoms with van der Waals surface area (Å²) in [6.07, 6.45) is 10.3. The van der Waals surface area contributed by atoms with Gasteiger partial charge in [0, 0.05) is 6.21 Å². The average molecular weight is 210 g/mol. The highest BCUT2D eigenvalue weighted by molar-refractivity contribution is 7.54. The molecule has 0 fully saturated rings. The first-order valence-electron chi connectivity index (χ1n) is 4.90. The lowest BCUT2D eigenvalue weighted by Crippen LogP contribution is -2.12. The van der Waals surface area contributed by atoms with Crippen molar-refractivity contribution in [2.24, 2.45) is 5.92 Å². The van der Waals surface area contributed by atoms with Gasteiger partial charge in [-0.1, -0.05) is 18.2 Å². The Balaban J connectivity index is 2.41. The molecule has 1 rings (SSSR count). The van der Waals surface area contributed by atoms with Gasteiger partial charge >= 0.3 is 0 Å². The molecule has 1 aliphatic carbocycles. The topological polar surface area (TPSA) is 27.1 Å². The highest BCUT2D eigenvalue weighted by Gasteiger charge is 2.13. The molecular weight excluding hydrogens is 191 g/mol. The SMILES string of the molecule is CN(C)P(C)CC1C=CC(C=N)=CC1. The van der Waals surface area contributed by atoms with Gasteiger partial charge in [0.25, 0.3) is 0 Å². The van der Waals surface area contributed by atoms with Crippen molar-refractivity contribution < 1.29 is 0 Å². The number of allylic oxidation sites excluding steroid dienone is 4. The van der Waals surface area contributed by atoms with Gasteiger partial charge < -0.3 is 5.41 Å². The van der Waals surface area contributed by atoms with Gasteiger partial charge in [0.05, 0.1) is 0 Å². The van der Waals surface area contributed by atoms with Gasteiger partial charge in [-0.3, -0.25) is 4.67 Å². The number of hydrogen-bond donors (Lipinski definition) is 1. The Kier molecular flexibility index (Phi) is 4.50. The summed E-state index contributed by atoms with van der Waals surface area (Å²) in [6, 6.07) is 0. The van der Waals surface area contributed by atoms with Crippen molar-refractivity contribution in [1.82, 2.24) is 4.67 Å². The number of nitrogens with one attached hydrogen (secondary N) is 1. The van der Waals surface area contributed by atoms with E-state index in [1.54, 1.807) is 0 Å². The van der Waals surface area contributed by atoms with Crippen LogP contribution in [0.2, 0.25) is 0 Å². The lowest BCUT2D eigenvalue weighted by atomic mass is 9.99. The molecule has 0 heterocycles. The first-order valence-corrected chi connectivity index (χ1v) is 6.83. The van der Waals surface area contributed by atoms with Gasteiger partial charge in [0.1, 0.15) is 0 Å². The minimum absolute atomic E-state index is 0.0148. The Hall–Kier alpha value is -0.460. The maximum Gasteiger partial charge on any atom is 0.0246 e. The quantitative estimate of drug-likeness (QED) is 0.560. The minimum atomic E-state index is 0.0148. The van der Waals surface area contributed by atoms with Crippen LogP contribution < -0.4 is 0 Å². The molecule has 2 nitrogen and oxygen atoms in total. The Morgan fingerprint density at radius 3 is 2.79 bits per heavy atom. The van der Waals surface area contributed by atoms with Crippen LogP contribution in [0.25, 0.3) is 0 Å². The summed E-state index contributed by atoms with van der Waals surface area (Å²) in [5.41, 5.74) is 1.05. The van der Waals surface area contributed by atoms with Crippen molar-refractivity contribution in [3.63, 3.8) is 0 Å². The second kappa shape index (κ2) is 5.43. The van der Waals surface area contributed by atoms with E-state index in [4.69, 9.17) is 5.41 Å². The molecule has 3 heteroatoms. The molecule has 1 aliphatic rings. The number of nitrogens with zero attached hydrogens (tertiary/aromatic N) is 1. The molecule has 0 radical (unpaired) electrons. The van der Waals surface area contributed by atoms with E-state index in [-0.39, 0.29) is 8.07 Å². The molecule has 78 valence electrons. The first-order chi connectivity index (χ1) is 6.63. The third-order valence-corrected chi connectivity index (χ3v) is 4.93. The zero-order valence-corrected chi connectivity index (χ0v) is 10.1. The maximum absolute atomic E-state index is 7.12. The molecule has 0 bridgehead atoms. The summed E-state index contributed by atoms with van der Waals surface area (Å²) < 4.78 is 2.32. The third kappa shape index (κ3) is 3.36. The van der Waals surface area contributed by atoms with Crippen molar-refractivity contribution in [2.45, 2.75) is 6.42 Å². The van der Waals surface area contributed by atoms with Crippen molar-refractivity contribution in [2.75, 3.05) is 26.9 Å². The number of rotatable bonds is 4. The van der Waals surface area contributed by atoms with E-state index in [1.165, 1.54) is 12.4 Å².